The molecule has 3 atom stereocenters. The Bertz CT molecular complexity index is 993. The van der Waals surface area contributed by atoms with E-state index in [2.05, 4.69) is 10.3 Å². The van der Waals surface area contributed by atoms with Gasteiger partial charge in [-0.3, -0.25) is 4.90 Å². The van der Waals surface area contributed by atoms with E-state index in [0.29, 0.717) is 0 Å². The molecule has 1 aromatic heterocycles. The van der Waals surface area contributed by atoms with Crippen LogP contribution in [0, 0.1) is 5.82 Å². The van der Waals surface area contributed by atoms with Gasteiger partial charge in [-0.05, 0) is 49.3 Å². The number of likely N-dealkylation sites (N-methyl/N-ethyl adjacent to an activating group) is 2. The van der Waals surface area contributed by atoms with E-state index >= 15 is 0 Å². The van der Waals surface area contributed by atoms with Gasteiger partial charge in [0.05, 0.1) is 6.04 Å². The fraction of sp³-hybridized carbons (Fsp3) is 0.364. The number of alkyl halides is 3. The summed E-state index contributed by atoms with van der Waals surface area (Å²) < 4.78 is 55.2. The molecular formula is C22H23F4N3. The normalized spacial score (nSPS) is 21.3. The fourth-order valence-corrected chi connectivity index (χ4v) is 4.51. The van der Waals surface area contributed by atoms with Gasteiger partial charge in [-0.2, -0.15) is 13.2 Å². The van der Waals surface area contributed by atoms with Crippen LogP contribution in [0.25, 0.3) is 10.9 Å². The maximum atomic E-state index is 13.9. The van der Waals surface area contributed by atoms with Gasteiger partial charge in [-0.25, -0.2) is 4.39 Å². The Kier molecular flexibility index (Phi) is 5.12. The molecule has 0 spiro atoms. The van der Waals surface area contributed by atoms with E-state index in [-0.39, 0.29) is 18.8 Å². The summed E-state index contributed by atoms with van der Waals surface area (Å²) >= 11 is 0. The molecule has 4 rings (SSSR count). The van der Waals surface area contributed by atoms with Crippen LogP contribution in [0.5, 0.6) is 0 Å². The number of nitrogens with zero attached hydrogens (tertiary/aromatic N) is 1. The lowest BCUT2D eigenvalue weighted by Gasteiger charge is -2.44. The Morgan fingerprint density at radius 2 is 1.83 bits per heavy atom. The predicted octanol–water partition coefficient (Wildman–Crippen LogP) is 4.79. The van der Waals surface area contributed by atoms with Crippen molar-refractivity contribution in [3.63, 3.8) is 0 Å². The quantitative estimate of drug-likeness (QED) is 0.612. The third kappa shape index (κ3) is 3.53. The van der Waals surface area contributed by atoms with Crippen molar-refractivity contribution in [2.24, 2.45) is 0 Å². The minimum Gasteiger partial charge on any atom is -0.357 e. The fourth-order valence-electron chi connectivity index (χ4n) is 4.51. The van der Waals surface area contributed by atoms with Gasteiger partial charge in [-0.15, -0.1) is 0 Å². The first-order valence-electron chi connectivity index (χ1n) is 9.68. The summed E-state index contributed by atoms with van der Waals surface area (Å²) in [4.78, 5) is 5.16. The zero-order valence-electron chi connectivity index (χ0n) is 16.2. The van der Waals surface area contributed by atoms with Gasteiger partial charge in [0.15, 0.2) is 0 Å². The number of halogens is 4. The average molecular weight is 405 g/mol. The van der Waals surface area contributed by atoms with Crippen LogP contribution in [0.4, 0.5) is 17.6 Å². The van der Waals surface area contributed by atoms with E-state index in [9.17, 15) is 17.6 Å². The van der Waals surface area contributed by atoms with Crippen LogP contribution in [-0.4, -0.2) is 41.7 Å². The first kappa shape index (κ1) is 19.9. The molecule has 1 aliphatic heterocycles. The number of aromatic amines is 1. The summed E-state index contributed by atoms with van der Waals surface area (Å²) in [5, 5.41) is 3.57. The molecule has 2 aromatic carbocycles. The largest absolute Gasteiger partial charge is 0.405 e. The number of nitrogens with one attached hydrogen (secondary N) is 2. The molecule has 154 valence electrons. The Labute approximate surface area is 166 Å². The monoisotopic (exact) mass is 405 g/mol. The standard InChI is InChI=1S/C22H23F4N3/c1-3-27-21(22(24,25)26)18-12-16-15-6-4-5-7-17(15)28-19(16)20(29(18)2)13-8-10-14(23)11-9-13/h4-11,18,20-21,27-28H,3,12H2,1-2H3. The third-order valence-electron chi connectivity index (χ3n) is 5.81. The minimum absolute atomic E-state index is 0.219. The molecule has 3 unspecified atom stereocenters. The van der Waals surface area contributed by atoms with Crippen LogP contribution < -0.4 is 5.32 Å². The highest BCUT2D eigenvalue weighted by Gasteiger charge is 2.49. The van der Waals surface area contributed by atoms with Gasteiger partial charge >= 0.3 is 6.18 Å². The highest BCUT2D eigenvalue weighted by Crippen LogP contribution is 2.42. The van der Waals surface area contributed by atoms with Gasteiger partial charge in [0.1, 0.15) is 11.9 Å². The molecule has 0 saturated heterocycles. The number of rotatable bonds is 4. The van der Waals surface area contributed by atoms with E-state index in [1.165, 1.54) is 12.1 Å². The third-order valence-corrected chi connectivity index (χ3v) is 5.81. The van der Waals surface area contributed by atoms with Gasteiger partial charge < -0.3 is 10.3 Å². The summed E-state index contributed by atoms with van der Waals surface area (Å²) in [5.74, 6) is -0.374. The highest BCUT2D eigenvalue weighted by molar-refractivity contribution is 5.85. The van der Waals surface area contributed by atoms with Gasteiger partial charge in [0.2, 0.25) is 0 Å². The van der Waals surface area contributed by atoms with Crippen LogP contribution >= 0.6 is 0 Å². The van der Waals surface area contributed by atoms with Crippen LogP contribution in [0.1, 0.15) is 29.8 Å². The Balaban J connectivity index is 1.88. The molecule has 1 aliphatic rings. The molecule has 3 nitrogen and oxygen atoms in total. The van der Waals surface area contributed by atoms with E-state index in [1.54, 1.807) is 31.0 Å². The summed E-state index contributed by atoms with van der Waals surface area (Å²) in [6, 6.07) is 10.7. The molecule has 2 heterocycles. The second-order valence-corrected chi connectivity index (χ2v) is 7.53. The van der Waals surface area contributed by atoms with Crippen molar-refractivity contribution in [2.45, 2.75) is 37.6 Å². The zero-order chi connectivity index (χ0) is 20.8. The topological polar surface area (TPSA) is 31.1 Å². The summed E-state index contributed by atoms with van der Waals surface area (Å²) in [5.41, 5.74) is 3.41. The maximum Gasteiger partial charge on any atom is 0.405 e. The van der Waals surface area contributed by atoms with E-state index in [0.717, 1.165) is 27.7 Å². The number of para-hydroxylation sites is 1. The van der Waals surface area contributed by atoms with Crippen molar-refractivity contribution in [1.29, 1.82) is 0 Å². The van der Waals surface area contributed by atoms with Crippen molar-refractivity contribution < 1.29 is 17.6 Å². The Hall–Kier alpha value is -2.38. The molecule has 0 radical (unpaired) electrons. The van der Waals surface area contributed by atoms with E-state index < -0.39 is 24.3 Å². The number of fused-ring (bicyclic) bond motifs is 3. The van der Waals surface area contributed by atoms with Gasteiger partial charge in [-0.1, -0.05) is 37.3 Å². The lowest BCUT2D eigenvalue weighted by Crippen LogP contribution is -2.59. The number of hydrogen-bond donors (Lipinski definition) is 2. The number of aromatic nitrogens is 1. The molecule has 0 bridgehead atoms. The van der Waals surface area contributed by atoms with Crippen molar-refractivity contribution in [3.8, 4) is 0 Å². The molecule has 2 N–H and O–H groups in total. The SMILES string of the molecule is CCNC(C1Cc2c([nH]c3ccccc23)C(c2ccc(F)cc2)N1C)C(F)(F)F. The summed E-state index contributed by atoms with van der Waals surface area (Å²) in [6.45, 7) is 1.90. The molecule has 0 saturated carbocycles. The van der Waals surface area contributed by atoms with Crippen LogP contribution in [0.15, 0.2) is 48.5 Å². The van der Waals surface area contributed by atoms with Crippen LogP contribution in [0.3, 0.4) is 0 Å². The molecular weight excluding hydrogens is 382 g/mol. The van der Waals surface area contributed by atoms with E-state index in [4.69, 9.17) is 0 Å². The van der Waals surface area contributed by atoms with Crippen LogP contribution in [-0.2, 0) is 6.42 Å². The molecule has 7 heteroatoms. The minimum atomic E-state index is -4.38. The number of H-pyrrole nitrogens is 1. The van der Waals surface area contributed by atoms with Crippen molar-refractivity contribution in [2.75, 3.05) is 13.6 Å². The zero-order valence-corrected chi connectivity index (χ0v) is 16.2. The first-order valence-corrected chi connectivity index (χ1v) is 9.68. The lowest BCUT2D eigenvalue weighted by molar-refractivity contribution is -0.172. The molecule has 29 heavy (non-hydrogen) atoms. The summed E-state index contributed by atoms with van der Waals surface area (Å²) in [6.07, 6.45) is -4.11. The number of benzene rings is 2. The first-order chi connectivity index (χ1) is 13.8. The van der Waals surface area contributed by atoms with Gasteiger partial charge in [0.25, 0.3) is 0 Å². The van der Waals surface area contributed by atoms with Crippen molar-refractivity contribution >= 4 is 10.9 Å². The Morgan fingerprint density at radius 1 is 1.14 bits per heavy atom. The summed E-state index contributed by atoms with van der Waals surface area (Å²) in [7, 11) is 1.71. The molecule has 0 fully saturated rings. The smallest absolute Gasteiger partial charge is 0.357 e. The van der Waals surface area contributed by atoms with Crippen molar-refractivity contribution in [1.82, 2.24) is 15.2 Å². The lowest BCUT2D eigenvalue weighted by atomic mass is 9.85. The molecule has 3 aromatic rings. The second-order valence-electron chi connectivity index (χ2n) is 7.53. The second kappa shape index (κ2) is 7.46. The van der Waals surface area contributed by atoms with Crippen molar-refractivity contribution in [3.05, 3.63) is 71.2 Å². The van der Waals surface area contributed by atoms with E-state index in [1.807, 2.05) is 24.3 Å². The van der Waals surface area contributed by atoms with Gasteiger partial charge in [0, 0.05) is 22.6 Å². The molecule has 0 amide bonds. The predicted molar refractivity (Wildman–Crippen MR) is 105 cm³/mol. The highest BCUT2D eigenvalue weighted by atomic mass is 19.4. The Morgan fingerprint density at radius 3 is 2.48 bits per heavy atom. The molecule has 0 aliphatic carbocycles. The van der Waals surface area contributed by atoms with Crippen LogP contribution in [0.2, 0.25) is 0 Å². The number of hydrogen-bond acceptors (Lipinski definition) is 2. The average Bonchev–Trinajstić information content (AvgIpc) is 3.04. The maximum absolute atomic E-state index is 13.9.